The van der Waals surface area contributed by atoms with Crippen LogP contribution in [-0.4, -0.2) is 31.0 Å². The molecule has 0 spiro atoms. The fourth-order valence-corrected chi connectivity index (χ4v) is 1.85. The van der Waals surface area contributed by atoms with Crippen molar-refractivity contribution in [3.05, 3.63) is 55.1 Å². The van der Waals surface area contributed by atoms with Crippen LogP contribution in [0.5, 0.6) is 5.75 Å². The van der Waals surface area contributed by atoms with Gasteiger partial charge in [0.15, 0.2) is 12.0 Å². The summed E-state index contributed by atoms with van der Waals surface area (Å²) in [7, 11) is 0. The summed E-state index contributed by atoms with van der Waals surface area (Å²) >= 11 is 0. The number of rotatable bonds is 5. The monoisotopic (exact) mass is 300 g/mol. The Morgan fingerprint density at radius 3 is 2.95 bits per heavy atom. The molecule has 3 aromatic heterocycles. The summed E-state index contributed by atoms with van der Waals surface area (Å²) < 4.78 is 20.2. The van der Waals surface area contributed by atoms with Crippen molar-refractivity contribution in [2.45, 2.75) is 13.2 Å². The summed E-state index contributed by atoms with van der Waals surface area (Å²) in [6.45, 7) is 1.78. The first-order valence-corrected chi connectivity index (χ1v) is 6.56. The Hall–Kier alpha value is -3.03. The number of hydrogen-bond donors (Lipinski definition) is 1. The Bertz CT molecular complexity index is 749. The SMILES string of the molecule is CC(Nc1cc(-n2cccn2)ncn1)Oc1cncc(F)c1. The molecule has 0 saturated heterocycles. The Labute approximate surface area is 125 Å². The summed E-state index contributed by atoms with van der Waals surface area (Å²) in [4.78, 5) is 12.0. The van der Waals surface area contributed by atoms with Crippen LogP contribution in [0.2, 0.25) is 0 Å². The average molecular weight is 300 g/mol. The molecule has 3 heterocycles. The van der Waals surface area contributed by atoms with Crippen LogP contribution in [0.1, 0.15) is 6.92 Å². The highest BCUT2D eigenvalue weighted by Crippen LogP contribution is 2.14. The van der Waals surface area contributed by atoms with E-state index in [1.54, 1.807) is 36.1 Å². The molecule has 0 bridgehead atoms. The molecule has 0 aliphatic carbocycles. The zero-order valence-corrected chi connectivity index (χ0v) is 11.7. The van der Waals surface area contributed by atoms with E-state index >= 15 is 0 Å². The Morgan fingerprint density at radius 2 is 2.18 bits per heavy atom. The van der Waals surface area contributed by atoms with Crippen LogP contribution in [-0.2, 0) is 0 Å². The third-order valence-corrected chi connectivity index (χ3v) is 2.74. The number of aromatic nitrogens is 5. The van der Waals surface area contributed by atoms with Crippen molar-refractivity contribution in [1.29, 1.82) is 0 Å². The van der Waals surface area contributed by atoms with Gasteiger partial charge in [-0.3, -0.25) is 4.98 Å². The number of ether oxygens (including phenoxy) is 1. The minimum absolute atomic E-state index is 0.335. The lowest BCUT2D eigenvalue weighted by molar-refractivity contribution is 0.248. The molecule has 0 fully saturated rings. The van der Waals surface area contributed by atoms with Gasteiger partial charge in [0.05, 0.1) is 12.4 Å². The molecule has 3 rings (SSSR count). The number of nitrogens with zero attached hydrogens (tertiary/aromatic N) is 5. The number of anilines is 1. The molecule has 1 unspecified atom stereocenters. The second kappa shape index (κ2) is 6.17. The van der Waals surface area contributed by atoms with Gasteiger partial charge in [-0.1, -0.05) is 0 Å². The average Bonchev–Trinajstić information content (AvgIpc) is 3.01. The minimum atomic E-state index is -0.451. The van der Waals surface area contributed by atoms with E-state index in [1.165, 1.54) is 18.6 Å². The summed E-state index contributed by atoms with van der Waals surface area (Å²) in [5, 5.41) is 7.15. The summed E-state index contributed by atoms with van der Waals surface area (Å²) in [5.74, 6) is 1.08. The van der Waals surface area contributed by atoms with Gasteiger partial charge < -0.3 is 10.1 Å². The molecule has 1 atom stereocenters. The van der Waals surface area contributed by atoms with Gasteiger partial charge in [-0.05, 0) is 13.0 Å². The van der Waals surface area contributed by atoms with Gasteiger partial charge in [0.25, 0.3) is 0 Å². The van der Waals surface area contributed by atoms with Gasteiger partial charge in [-0.25, -0.2) is 19.0 Å². The first-order valence-electron chi connectivity index (χ1n) is 6.56. The molecular formula is C14H13FN6O. The number of halogens is 1. The molecule has 0 saturated carbocycles. The highest BCUT2D eigenvalue weighted by atomic mass is 19.1. The lowest BCUT2D eigenvalue weighted by atomic mass is 10.4. The first kappa shape index (κ1) is 13.9. The number of hydrogen-bond acceptors (Lipinski definition) is 6. The molecule has 0 amide bonds. The zero-order valence-electron chi connectivity index (χ0n) is 11.7. The van der Waals surface area contributed by atoms with Crippen LogP contribution in [0.4, 0.5) is 10.2 Å². The van der Waals surface area contributed by atoms with Crippen LogP contribution < -0.4 is 10.1 Å². The molecule has 3 aromatic rings. The van der Waals surface area contributed by atoms with Gasteiger partial charge in [-0.15, -0.1) is 0 Å². The zero-order chi connectivity index (χ0) is 15.4. The quantitative estimate of drug-likeness (QED) is 0.726. The second-order valence-electron chi connectivity index (χ2n) is 4.46. The summed E-state index contributed by atoms with van der Waals surface area (Å²) in [6, 6.07) is 4.80. The van der Waals surface area contributed by atoms with E-state index in [4.69, 9.17) is 4.74 Å². The standard InChI is InChI=1S/C14H13FN6O/c1-10(22-12-5-11(15)7-16-8-12)20-13-6-14(18-9-17-13)21-4-2-3-19-21/h2-10H,1H3,(H,17,18,20). The fourth-order valence-electron chi connectivity index (χ4n) is 1.85. The van der Waals surface area contributed by atoms with E-state index in [0.29, 0.717) is 17.4 Å². The molecule has 1 N–H and O–H groups in total. The molecule has 0 aliphatic heterocycles. The van der Waals surface area contributed by atoms with Crippen LogP contribution >= 0.6 is 0 Å². The molecule has 7 nitrogen and oxygen atoms in total. The topological polar surface area (TPSA) is 77.8 Å². The molecule has 0 radical (unpaired) electrons. The Kier molecular flexibility index (Phi) is 3.90. The normalized spacial score (nSPS) is 11.9. The smallest absolute Gasteiger partial charge is 0.168 e. The molecule has 8 heteroatoms. The van der Waals surface area contributed by atoms with Gasteiger partial charge in [0.2, 0.25) is 0 Å². The number of nitrogens with one attached hydrogen (secondary N) is 1. The van der Waals surface area contributed by atoms with Crippen molar-refractivity contribution in [3.8, 4) is 11.6 Å². The predicted octanol–water partition coefficient (Wildman–Crippen LogP) is 2.03. The van der Waals surface area contributed by atoms with Crippen LogP contribution in [0.25, 0.3) is 5.82 Å². The van der Waals surface area contributed by atoms with Gasteiger partial charge >= 0.3 is 0 Å². The third kappa shape index (κ3) is 3.35. The second-order valence-corrected chi connectivity index (χ2v) is 4.46. The van der Waals surface area contributed by atoms with Crippen molar-refractivity contribution < 1.29 is 9.13 Å². The molecule has 0 aliphatic rings. The lowest BCUT2D eigenvalue weighted by Gasteiger charge is -2.16. The Morgan fingerprint density at radius 1 is 1.27 bits per heavy atom. The van der Waals surface area contributed by atoms with E-state index in [2.05, 4.69) is 25.4 Å². The minimum Gasteiger partial charge on any atom is -0.469 e. The van der Waals surface area contributed by atoms with Crippen molar-refractivity contribution in [2.24, 2.45) is 0 Å². The van der Waals surface area contributed by atoms with Crippen molar-refractivity contribution in [3.63, 3.8) is 0 Å². The summed E-state index contributed by atoms with van der Waals surface area (Å²) in [5.41, 5.74) is 0. The van der Waals surface area contributed by atoms with Crippen LogP contribution in [0, 0.1) is 5.82 Å². The first-order chi connectivity index (χ1) is 10.7. The van der Waals surface area contributed by atoms with Crippen LogP contribution in [0.15, 0.2) is 49.3 Å². The lowest BCUT2D eigenvalue weighted by Crippen LogP contribution is -2.23. The highest BCUT2D eigenvalue weighted by Gasteiger charge is 2.07. The van der Waals surface area contributed by atoms with Crippen molar-refractivity contribution in [2.75, 3.05) is 5.32 Å². The van der Waals surface area contributed by atoms with E-state index in [9.17, 15) is 4.39 Å². The summed E-state index contributed by atoms with van der Waals surface area (Å²) in [6.07, 6.45) is 7.00. The molecular weight excluding hydrogens is 287 g/mol. The number of pyridine rings is 1. The highest BCUT2D eigenvalue weighted by molar-refractivity contribution is 5.40. The van der Waals surface area contributed by atoms with Crippen molar-refractivity contribution >= 4 is 5.82 Å². The fraction of sp³-hybridized carbons (Fsp3) is 0.143. The van der Waals surface area contributed by atoms with Gasteiger partial charge in [0, 0.05) is 24.5 Å². The Balaban J connectivity index is 1.69. The van der Waals surface area contributed by atoms with Gasteiger partial charge in [0.1, 0.15) is 23.7 Å². The maximum absolute atomic E-state index is 13.1. The molecule has 112 valence electrons. The molecule has 0 aromatic carbocycles. The van der Waals surface area contributed by atoms with Crippen LogP contribution in [0.3, 0.4) is 0 Å². The van der Waals surface area contributed by atoms with E-state index in [0.717, 1.165) is 6.20 Å². The maximum Gasteiger partial charge on any atom is 0.168 e. The van der Waals surface area contributed by atoms with E-state index in [-0.39, 0.29) is 0 Å². The molecule has 22 heavy (non-hydrogen) atoms. The largest absolute Gasteiger partial charge is 0.469 e. The van der Waals surface area contributed by atoms with Crippen molar-refractivity contribution in [1.82, 2.24) is 24.7 Å². The van der Waals surface area contributed by atoms with E-state index in [1.807, 2.05) is 0 Å². The predicted molar refractivity (Wildman–Crippen MR) is 77.1 cm³/mol. The maximum atomic E-state index is 13.1. The van der Waals surface area contributed by atoms with E-state index < -0.39 is 12.0 Å². The third-order valence-electron chi connectivity index (χ3n) is 2.74. The van der Waals surface area contributed by atoms with Gasteiger partial charge in [-0.2, -0.15) is 5.10 Å².